The minimum atomic E-state index is -2.09. The summed E-state index contributed by atoms with van der Waals surface area (Å²) < 4.78 is 21.0. The Bertz CT molecular complexity index is 761. The van der Waals surface area contributed by atoms with Crippen LogP contribution in [0.25, 0.3) is 21.5 Å². The monoisotopic (exact) mass is 309 g/mol. The van der Waals surface area contributed by atoms with E-state index in [-0.39, 0.29) is 5.82 Å². The number of hydrogen-bond acceptors (Lipinski definition) is 7. The van der Waals surface area contributed by atoms with Crippen molar-refractivity contribution in [2.75, 3.05) is 12.3 Å². The molecule has 0 aromatic carbocycles. The number of alkyl halides is 1. The van der Waals surface area contributed by atoms with E-state index in [1.54, 1.807) is 6.07 Å². The van der Waals surface area contributed by atoms with Crippen molar-refractivity contribution in [2.45, 2.75) is 24.2 Å². The maximum Gasteiger partial charge on any atom is 0.201 e. The van der Waals surface area contributed by atoms with E-state index >= 15 is 0 Å². The first kappa shape index (κ1) is 14.5. The van der Waals surface area contributed by atoms with Crippen LogP contribution in [0.4, 0.5) is 10.2 Å². The van der Waals surface area contributed by atoms with Crippen LogP contribution in [0.1, 0.15) is 6.23 Å². The number of aromatic nitrogens is 3. The van der Waals surface area contributed by atoms with Gasteiger partial charge in [-0.05, 0) is 11.6 Å². The van der Waals surface area contributed by atoms with E-state index in [1.165, 1.54) is 17.1 Å². The van der Waals surface area contributed by atoms with Crippen molar-refractivity contribution in [3.05, 3.63) is 29.0 Å². The number of aliphatic hydroxyl groups excluding tert-OH is 2. The van der Waals surface area contributed by atoms with Gasteiger partial charge in [-0.15, -0.1) is 0 Å². The number of nitrogens with two attached hydrogens (primary N) is 1. The quantitative estimate of drug-likeness (QED) is 0.419. The van der Waals surface area contributed by atoms with E-state index in [4.69, 9.17) is 16.0 Å². The summed E-state index contributed by atoms with van der Waals surface area (Å²) in [6, 6.07) is 1.57. The second-order valence-corrected chi connectivity index (χ2v) is 4.81. The number of anilines is 1. The van der Waals surface area contributed by atoms with Crippen LogP contribution in [-0.2, 0) is 4.74 Å². The zero-order chi connectivity index (χ0) is 15.9. The molecule has 10 nitrogen and oxygen atoms in total. The zero-order valence-corrected chi connectivity index (χ0v) is 11.1. The van der Waals surface area contributed by atoms with Gasteiger partial charge in [0.2, 0.25) is 5.72 Å². The highest BCUT2D eigenvalue weighted by Gasteiger charge is 2.56. The SMILES string of the molecule is [N-]=[N+]=N[C@]1(CO)O[C@@H](n2ccc3c(N)ncnc32)[C@@H](F)[C@@H]1O. The molecule has 0 bridgehead atoms. The molecular formula is C11H12FN7O3. The number of fused-ring (bicyclic) bond motifs is 1. The molecule has 0 amide bonds. The maximum atomic E-state index is 14.4. The minimum absolute atomic E-state index is 0.209. The number of azide groups is 1. The summed E-state index contributed by atoms with van der Waals surface area (Å²) >= 11 is 0. The van der Waals surface area contributed by atoms with Crippen LogP contribution >= 0.6 is 0 Å². The van der Waals surface area contributed by atoms with Crippen LogP contribution in [0.3, 0.4) is 0 Å². The van der Waals surface area contributed by atoms with Gasteiger partial charge in [-0.1, -0.05) is 5.11 Å². The molecule has 0 unspecified atom stereocenters. The number of halogens is 1. The summed E-state index contributed by atoms with van der Waals surface area (Å²) in [5.41, 5.74) is 12.4. The number of nitrogen functional groups attached to an aromatic ring is 1. The molecule has 0 radical (unpaired) electrons. The molecule has 11 heteroatoms. The van der Waals surface area contributed by atoms with Gasteiger partial charge in [0, 0.05) is 11.1 Å². The Kier molecular flexibility index (Phi) is 3.34. The summed E-state index contributed by atoms with van der Waals surface area (Å²) in [5, 5.41) is 23.0. The molecule has 4 N–H and O–H groups in total. The molecule has 3 rings (SSSR count). The molecule has 1 fully saturated rings. The van der Waals surface area contributed by atoms with Gasteiger partial charge in [-0.2, -0.15) is 0 Å². The van der Waals surface area contributed by atoms with E-state index in [0.717, 1.165) is 0 Å². The van der Waals surface area contributed by atoms with Crippen LogP contribution in [0.15, 0.2) is 23.7 Å². The van der Waals surface area contributed by atoms with Gasteiger partial charge in [0.05, 0.1) is 12.0 Å². The molecule has 4 atom stereocenters. The fraction of sp³-hybridized carbons (Fsp3) is 0.455. The summed E-state index contributed by atoms with van der Waals surface area (Å²) in [7, 11) is 0. The van der Waals surface area contributed by atoms with Gasteiger partial charge >= 0.3 is 0 Å². The average Bonchev–Trinajstić information content (AvgIpc) is 3.04. The van der Waals surface area contributed by atoms with Gasteiger partial charge in [0.15, 0.2) is 12.4 Å². The molecule has 0 saturated carbocycles. The molecular weight excluding hydrogens is 297 g/mol. The number of ether oxygens (including phenoxy) is 1. The Hall–Kier alpha value is -2.46. The predicted molar refractivity (Wildman–Crippen MR) is 71.9 cm³/mol. The third-order valence-electron chi connectivity index (χ3n) is 3.62. The van der Waals surface area contributed by atoms with Gasteiger partial charge in [0.25, 0.3) is 0 Å². The fourth-order valence-electron chi connectivity index (χ4n) is 2.48. The van der Waals surface area contributed by atoms with Crippen molar-refractivity contribution in [1.82, 2.24) is 14.5 Å². The third kappa shape index (κ3) is 1.88. The van der Waals surface area contributed by atoms with Gasteiger partial charge in [0.1, 0.15) is 23.9 Å². The highest BCUT2D eigenvalue weighted by Crippen LogP contribution is 2.41. The van der Waals surface area contributed by atoms with E-state index in [1.807, 2.05) is 0 Å². The molecule has 116 valence electrons. The Balaban J connectivity index is 2.08. The molecule has 0 spiro atoms. The maximum absolute atomic E-state index is 14.4. The van der Waals surface area contributed by atoms with Crippen LogP contribution < -0.4 is 5.73 Å². The normalized spacial score (nSPS) is 31.3. The van der Waals surface area contributed by atoms with Gasteiger partial charge in [-0.25, -0.2) is 14.4 Å². The van der Waals surface area contributed by atoms with E-state index in [2.05, 4.69) is 20.0 Å². The van der Waals surface area contributed by atoms with Crippen molar-refractivity contribution >= 4 is 16.9 Å². The summed E-state index contributed by atoms with van der Waals surface area (Å²) in [5.74, 6) is 0.209. The Labute approximate surface area is 122 Å². The Morgan fingerprint density at radius 3 is 3.05 bits per heavy atom. The second-order valence-electron chi connectivity index (χ2n) is 4.81. The lowest BCUT2D eigenvalue weighted by molar-refractivity contribution is -0.122. The fourth-order valence-corrected chi connectivity index (χ4v) is 2.48. The number of hydrogen-bond donors (Lipinski definition) is 3. The first-order valence-corrected chi connectivity index (χ1v) is 6.28. The largest absolute Gasteiger partial charge is 0.393 e. The lowest BCUT2D eigenvalue weighted by Crippen LogP contribution is -2.43. The molecule has 3 heterocycles. The van der Waals surface area contributed by atoms with Crippen molar-refractivity contribution in [3.8, 4) is 0 Å². The van der Waals surface area contributed by atoms with Gasteiger partial charge in [-0.3, -0.25) is 0 Å². The van der Waals surface area contributed by atoms with E-state index in [0.29, 0.717) is 11.0 Å². The highest BCUT2D eigenvalue weighted by atomic mass is 19.1. The average molecular weight is 309 g/mol. The first-order chi connectivity index (χ1) is 10.5. The smallest absolute Gasteiger partial charge is 0.201 e. The van der Waals surface area contributed by atoms with Crippen molar-refractivity contribution in [2.24, 2.45) is 5.11 Å². The molecule has 2 aromatic rings. The van der Waals surface area contributed by atoms with Crippen molar-refractivity contribution in [1.29, 1.82) is 0 Å². The summed E-state index contributed by atoms with van der Waals surface area (Å²) in [4.78, 5) is 10.3. The molecule has 0 aliphatic carbocycles. The third-order valence-corrected chi connectivity index (χ3v) is 3.62. The zero-order valence-electron chi connectivity index (χ0n) is 11.1. The lowest BCUT2D eigenvalue weighted by atomic mass is 10.1. The molecule has 1 saturated heterocycles. The standard InChI is InChI=1S/C11H12FN7O3/c12-6-7(21)11(3-20,17-18-14)22-10(6)19-2-1-5-8(13)15-4-16-9(5)19/h1-2,4,6-7,10,20-21H,3H2,(H2,13,15,16)/t6-,7-,10+,11+/m0/s1. The van der Waals surface area contributed by atoms with Crippen molar-refractivity contribution in [3.63, 3.8) is 0 Å². The van der Waals surface area contributed by atoms with E-state index < -0.39 is 30.8 Å². The molecule has 1 aliphatic rings. The Morgan fingerprint density at radius 2 is 2.36 bits per heavy atom. The predicted octanol–water partition coefficient (Wildman–Crippen LogP) is 0.240. The van der Waals surface area contributed by atoms with Gasteiger partial charge < -0.3 is 25.3 Å². The first-order valence-electron chi connectivity index (χ1n) is 6.28. The van der Waals surface area contributed by atoms with Crippen LogP contribution in [0, 0.1) is 0 Å². The molecule has 22 heavy (non-hydrogen) atoms. The topological polar surface area (TPSA) is 155 Å². The van der Waals surface area contributed by atoms with Crippen LogP contribution in [0.5, 0.6) is 0 Å². The summed E-state index contributed by atoms with van der Waals surface area (Å²) in [6.07, 6.45) is -2.43. The molecule has 2 aromatic heterocycles. The summed E-state index contributed by atoms with van der Waals surface area (Å²) in [6.45, 7) is -0.870. The van der Waals surface area contributed by atoms with Crippen molar-refractivity contribution < 1.29 is 19.3 Å². The number of nitrogens with zero attached hydrogens (tertiary/aromatic N) is 6. The van der Waals surface area contributed by atoms with Crippen LogP contribution in [0.2, 0.25) is 0 Å². The van der Waals surface area contributed by atoms with E-state index in [9.17, 15) is 14.6 Å². The Morgan fingerprint density at radius 1 is 1.59 bits per heavy atom. The highest BCUT2D eigenvalue weighted by molar-refractivity contribution is 5.86. The second kappa shape index (κ2) is 5.07. The number of rotatable bonds is 3. The molecule has 1 aliphatic heterocycles. The minimum Gasteiger partial charge on any atom is -0.393 e. The van der Waals surface area contributed by atoms with Crippen LogP contribution in [-0.4, -0.2) is 49.4 Å². The lowest BCUT2D eigenvalue weighted by Gasteiger charge is -2.23. The number of aliphatic hydroxyl groups is 2.